The van der Waals surface area contributed by atoms with Gasteiger partial charge in [-0.3, -0.25) is 28.8 Å². The van der Waals surface area contributed by atoms with E-state index >= 15 is 9.59 Å². The third-order valence-corrected chi connectivity index (χ3v) is 26.2. The first-order chi connectivity index (χ1) is 53.1. The number of amides is 2. The van der Waals surface area contributed by atoms with Gasteiger partial charge in [-0.15, -0.1) is 0 Å². The van der Waals surface area contributed by atoms with E-state index in [-0.39, 0.29) is 99.7 Å². The lowest BCUT2D eigenvalue weighted by Crippen LogP contribution is -2.64. The van der Waals surface area contributed by atoms with Crippen molar-refractivity contribution in [3.63, 3.8) is 0 Å². The summed E-state index contributed by atoms with van der Waals surface area (Å²) in [5, 5.41) is 71.5. The Bertz CT molecular complexity index is 3110. The maximum atomic E-state index is 15.4. The summed E-state index contributed by atoms with van der Waals surface area (Å²) < 4.78 is 61.3. The number of ketones is 4. The number of unbranched alkanes of at least 4 members (excludes halogenated alkanes) is 1. The van der Waals surface area contributed by atoms with E-state index in [4.69, 9.17) is 47.4 Å². The van der Waals surface area contributed by atoms with Gasteiger partial charge in [-0.1, -0.05) is 89.8 Å². The van der Waals surface area contributed by atoms with Crippen molar-refractivity contribution in [1.82, 2.24) is 9.80 Å². The van der Waals surface area contributed by atoms with Gasteiger partial charge >= 0.3 is 11.9 Å². The zero-order valence-electron chi connectivity index (χ0n) is 69.6. The standard InChI is InChI=1S/C86H136N2O24/c1-47-33-49(3)37-71(105-13)77-73(107-15)41-53(7)85(101,111-77)79(95)81(97)87-31-21-19-25-61(87)83(99)109-75(51(5)39-57-27-29-63(89)69(43-57)103-11)55(9)65(91)45-67(93)59(35-47)23-17-18-24-60-36-48(2)34-50(4)38-72(106-14)78-74(108-16)42-54(8)86(102,112-78)80(96)82(98)88-32-22-20-26-62(88)84(100)110-76(56(10)66(92)46-68(60)94)52(6)40-58-28-30-64(90)70(44-58)104-12/h35-36,39-40,49-50,53-66,69-78,89-92,101-102H,17-34,37-38,41-46H2,1-16H3/b47-35-,48-36+,51-39+,52-40+/t49-,50-,53+,54+,55+,56+,57-,58-,59+,60+,61-,62?,63+,64+,65-,66-,69+,70+,71-,72-,73-,74-,75+,76+,77+,78+,85+,86+/m0/s1. The molecule has 8 aliphatic rings. The number of carbonyl (C=O) groups is 8. The highest BCUT2D eigenvalue weighted by Gasteiger charge is 2.59. The van der Waals surface area contributed by atoms with Gasteiger partial charge in [0.2, 0.25) is 11.6 Å². The maximum Gasteiger partial charge on any atom is 0.329 e. The SMILES string of the molecule is CO[C@H]1C[C@@H](C)C/C(C)=C/[C@@H](CCCC[C@@H]2/C=C(/C)C[C@H](C)C[C@H](OC)[C@H]3O[C@@](O)(C(=O)C(=O)N4CCCC[C@H]4C(=O)O[C@H](/C(C)=C/[C@@H]4CC[C@@H](O)[C@H](OC)C4)[C@H](C)[C@@H](O)CC2=O)[C@H](C)C[C@@H]3OC)C(=O)C[C@H](O)[C@@H](C)[C@@H](/C(C)=C/[C@@H]2CC[C@@H](O)[C@H](OC)C2)OC(=O)C2CCCCN2C(=O)C(=O)[C@]2(O)O[C@H]1[C@@H](OC)C[C@H]2C. The predicted octanol–water partition coefficient (Wildman–Crippen LogP) is 8.70. The number of hydrogen-bond donors (Lipinski definition) is 6. The van der Waals surface area contributed by atoms with Crippen LogP contribution in [0.1, 0.15) is 223 Å². The average molecular weight is 1580 g/mol. The molecule has 26 heteroatoms. The van der Waals surface area contributed by atoms with Crippen LogP contribution in [0, 0.1) is 59.2 Å². The first-order valence-corrected chi connectivity index (χ1v) is 41.6. The van der Waals surface area contributed by atoms with Crippen LogP contribution in [0.25, 0.3) is 0 Å². The van der Waals surface area contributed by atoms with E-state index in [2.05, 4.69) is 0 Å². The molecule has 634 valence electrons. The van der Waals surface area contributed by atoms with E-state index < -0.39 is 180 Å². The van der Waals surface area contributed by atoms with Crippen LogP contribution in [-0.4, -0.2) is 252 Å². The quantitative estimate of drug-likeness (QED) is 0.0386. The van der Waals surface area contributed by atoms with E-state index in [1.54, 1.807) is 41.5 Å². The minimum Gasteiger partial charge on any atom is -0.456 e. The fourth-order valence-corrected chi connectivity index (χ4v) is 19.3. The van der Waals surface area contributed by atoms with E-state index in [1.807, 2.05) is 52.0 Å². The first kappa shape index (κ1) is 92.5. The van der Waals surface area contributed by atoms with Crippen molar-refractivity contribution in [2.45, 2.75) is 332 Å². The zero-order valence-corrected chi connectivity index (χ0v) is 69.6. The summed E-state index contributed by atoms with van der Waals surface area (Å²) in [6.07, 6.45) is 3.22. The third-order valence-electron chi connectivity index (χ3n) is 26.2. The molecule has 0 aromatic carbocycles. The van der Waals surface area contributed by atoms with E-state index in [1.165, 1.54) is 42.7 Å². The second-order valence-corrected chi connectivity index (χ2v) is 34.8. The topological polar surface area (TPSA) is 357 Å². The van der Waals surface area contributed by atoms with Crippen LogP contribution in [-0.2, 0) is 85.7 Å². The van der Waals surface area contributed by atoms with E-state index in [9.17, 15) is 59.4 Å². The second kappa shape index (κ2) is 41.9. The molecule has 2 aliphatic carbocycles. The highest BCUT2D eigenvalue weighted by molar-refractivity contribution is 6.39. The Hall–Kier alpha value is -5.04. The molecule has 0 aromatic rings. The fourth-order valence-electron chi connectivity index (χ4n) is 19.3. The van der Waals surface area contributed by atoms with Crippen LogP contribution in [0.3, 0.4) is 0 Å². The van der Waals surface area contributed by atoms with Gasteiger partial charge in [0, 0.05) is 104 Å². The lowest BCUT2D eigenvalue weighted by Gasteiger charge is -2.47. The van der Waals surface area contributed by atoms with Crippen molar-refractivity contribution in [3.8, 4) is 0 Å². The summed E-state index contributed by atoms with van der Waals surface area (Å²) in [6, 6.07) is -2.52. The van der Waals surface area contributed by atoms with Crippen LogP contribution < -0.4 is 0 Å². The Balaban J connectivity index is 1.13. The molecule has 6 N–H and O–H groups in total. The zero-order chi connectivity index (χ0) is 82.4. The van der Waals surface area contributed by atoms with Crippen LogP contribution in [0.4, 0.5) is 0 Å². The monoisotopic (exact) mass is 1580 g/mol. The summed E-state index contributed by atoms with van der Waals surface area (Å²) in [4.78, 5) is 122. The third kappa shape index (κ3) is 22.6. The molecule has 2 saturated carbocycles. The largest absolute Gasteiger partial charge is 0.456 e. The van der Waals surface area contributed by atoms with Gasteiger partial charge in [0.25, 0.3) is 23.4 Å². The van der Waals surface area contributed by atoms with Crippen molar-refractivity contribution in [2.75, 3.05) is 55.7 Å². The number of cyclic esters (lactones) is 2. The van der Waals surface area contributed by atoms with Crippen molar-refractivity contribution < 1.29 is 116 Å². The molecule has 6 aliphatic heterocycles. The first-order valence-electron chi connectivity index (χ1n) is 41.6. The average Bonchev–Trinajstić information content (AvgIpc) is 0.788. The summed E-state index contributed by atoms with van der Waals surface area (Å²) in [5.41, 5.74) is 2.82. The number of esters is 2. The lowest BCUT2D eigenvalue weighted by atomic mass is 9.81. The van der Waals surface area contributed by atoms with Crippen LogP contribution in [0.2, 0.25) is 0 Å². The van der Waals surface area contributed by atoms with Gasteiger partial charge in [-0.05, 0) is 191 Å². The number of methoxy groups -OCH3 is 6. The second-order valence-electron chi connectivity index (χ2n) is 34.8. The van der Waals surface area contributed by atoms with Gasteiger partial charge in [0.1, 0.15) is 48.1 Å². The summed E-state index contributed by atoms with van der Waals surface area (Å²) in [7, 11) is 9.07. The van der Waals surface area contributed by atoms with Crippen molar-refractivity contribution in [2.24, 2.45) is 59.2 Å². The molecule has 0 spiro atoms. The number of aliphatic hydroxyl groups is 6. The Morgan fingerprint density at radius 1 is 0.455 bits per heavy atom. The molecule has 2 amide bonds. The van der Waals surface area contributed by atoms with Crippen LogP contribution in [0.5, 0.6) is 0 Å². The molecular weight excluding hydrogens is 1440 g/mol. The minimum absolute atomic E-state index is 0.00621. The lowest BCUT2D eigenvalue weighted by molar-refractivity contribution is -0.302. The number of piperidine rings is 2. The Labute approximate surface area is 664 Å². The number of Topliss-reactive ketones (excluding diaryl/α,β-unsaturated/α-hetero) is 4. The molecule has 26 nitrogen and oxygen atoms in total. The van der Waals surface area contributed by atoms with Crippen molar-refractivity contribution >= 4 is 46.9 Å². The molecule has 6 heterocycles. The molecule has 0 aromatic heterocycles. The number of ether oxygens (including phenoxy) is 10. The Morgan fingerprint density at radius 2 is 0.795 bits per heavy atom. The highest BCUT2D eigenvalue weighted by atomic mass is 16.7. The Morgan fingerprint density at radius 3 is 1.13 bits per heavy atom. The summed E-state index contributed by atoms with van der Waals surface area (Å²) in [5.74, 6) is -18.0. The molecule has 1 unspecified atom stereocenters. The Kier molecular flexibility index (Phi) is 34.6. The van der Waals surface area contributed by atoms with E-state index in [0.29, 0.717) is 114 Å². The van der Waals surface area contributed by atoms with Crippen molar-refractivity contribution in [3.05, 3.63) is 46.6 Å². The van der Waals surface area contributed by atoms with Gasteiger partial charge in [0.15, 0.2) is 0 Å². The molecule has 0 radical (unpaired) electrons. The van der Waals surface area contributed by atoms with Crippen LogP contribution in [0.15, 0.2) is 46.6 Å². The van der Waals surface area contributed by atoms with Gasteiger partial charge < -0.3 is 87.8 Å². The molecule has 8 rings (SSSR count). The molecule has 28 atom stereocenters. The van der Waals surface area contributed by atoms with Crippen molar-refractivity contribution in [1.29, 1.82) is 0 Å². The molecule has 4 saturated heterocycles. The number of hydrogen-bond acceptors (Lipinski definition) is 24. The van der Waals surface area contributed by atoms with Gasteiger partial charge in [0.05, 0.1) is 61.0 Å². The number of carbonyl (C=O) groups excluding carboxylic acids is 8. The maximum absolute atomic E-state index is 15.4. The fraction of sp³-hybridized carbons (Fsp3) is 0.814. The smallest absolute Gasteiger partial charge is 0.329 e. The predicted molar refractivity (Wildman–Crippen MR) is 414 cm³/mol. The highest BCUT2D eigenvalue weighted by Crippen LogP contribution is 2.43. The van der Waals surface area contributed by atoms with Crippen LogP contribution >= 0.6 is 0 Å². The number of nitrogens with zero attached hydrogens (tertiary/aromatic N) is 2. The molecular formula is C86H136N2O24. The van der Waals surface area contributed by atoms with Gasteiger partial charge in [-0.25, -0.2) is 9.59 Å². The molecule has 112 heavy (non-hydrogen) atoms. The summed E-state index contributed by atoms with van der Waals surface area (Å²) >= 11 is 0. The number of fused-ring (bicyclic) bond motifs is 6. The minimum atomic E-state index is -2.63. The molecule has 4 bridgehead atoms. The van der Waals surface area contributed by atoms with E-state index in [0.717, 1.165) is 20.9 Å². The number of allylic oxidation sites excluding steroid dienone is 6. The number of rotatable bonds is 15. The summed E-state index contributed by atoms with van der Waals surface area (Å²) in [6.45, 7) is 18.1. The normalized spacial score (nSPS) is 41.7. The number of aliphatic hydroxyl groups excluding tert-OH is 4. The molecule has 6 fully saturated rings. The van der Waals surface area contributed by atoms with Gasteiger partial charge in [-0.2, -0.15) is 0 Å².